The van der Waals surface area contributed by atoms with Crippen LogP contribution in [0.2, 0.25) is 0 Å². The normalized spacial score (nSPS) is 11.7. The molecule has 0 aliphatic carbocycles. The maximum atomic E-state index is 6.48. The molecule has 14 heteroatoms. The lowest BCUT2D eigenvalue weighted by atomic mass is 9.60. The number of nitrogens with zero attached hydrogens (tertiary/aromatic N) is 3. The van der Waals surface area contributed by atoms with Gasteiger partial charge in [-0.25, -0.2) is 15.0 Å². The molecule has 0 atom stereocenters. The second kappa shape index (κ2) is 13.8. The van der Waals surface area contributed by atoms with E-state index in [1.54, 1.807) is 0 Å². The van der Waals surface area contributed by atoms with Crippen LogP contribution < -0.4 is 54.6 Å². The molecule has 59 heavy (non-hydrogen) atoms. The summed E-state index contributed by atoms with van der Waals surface area (Å²) in [6.45, 7) is 0. The van der Waals surface area contributed by atoms with Gasteiger partial charge in [-0.3, -0.25) is 0 Å². The van der Waals surface area contributed by atoms with Gasteiger partial charge in [0.05, 0.1) is 0 Å². The molecule has 0 N–H and O–H groups in total. The van der Waals surface area contributed by atoms with Crippen molar-refractivity contribution in [2.24, 2.45) is 0 Å². The van der Waals surface area contributed by atoms with E-state index in [1.165, 1.54) is 32.3 Å². The van der Waals surface area contributed by atoms with E-state index in [0.717, 1.165) is 21.9 Å². The smallest absolute Gasteiger partial charge is 0.164 e. The second-order valence-electron chi connectivity index (χ2n) is 14.6. The van der Waals surface area contributed by atoms with Gasteiger partial charge in [-0.05, 0) is 79.8 Å². The number of fused-ring (bicyclic) bond motifs is 9. The molecule has 0 unspecified atom stereocenters. The first-order chi connectivity index (χ1) is 28.4. The van der Waals surface area contributed by atoms with Crippen molar-refractivity contribution in [1.82, 2.24) is 15.0 Å². The van der Waals surface area contributed by atoms with Crippen molar-refractivity contribution >= 4 is 187 Å². The SMILES string of the molecule is [B]c1c([B])c([B])c(-c2nc(-c3ccc4oc5cc(-c6ccc7c8ccccc8c8ccccc8c7c6)ccc5c4c3)nc(-c3c([B])c([B])c([B])c([B])c3[B])n2)c([B])c1[B]. The molecule has 4 nitrogen and oxygen atoms in total. The first kappa shape index (κ1) is 37.3. The molecular weight excluding hydrogens is 707 g/mol. The van der Waals surface area contributed by atoms with Crippen LogP contribution in [0.1, 0.15) is 0 Å². The Morgan fingerprint density at radius 1 is 0.288 bits per heavy atom. The minimum absolute atomic E-state index is 0.0177. The molecule has 0 saturated carbocycles. The fourth-order valence-corrected chi connectivity index (χ4v) is 8.09. The minimum Gasteiger partial charge on any atom is -0.456 e. The van der Waals surface area contributed by atoms with Crippen LogP contribution in [0.15, 0.2) is 108 Å². The molecule has 0 bridgehead atoms. The lowest BCUT2D eigenvalue weighted by Crippen LogP contribution is -2.55. The monoisotopic (exact) mass is 725 g/mol. The molecule has 20 radical (unpaired) electrons. The van der Waals surface area contributed by atoms with Crippen LogP contribution in [0.5, 0.6) is 0 Å². The molecule has 10 rings (SSSR count). The molecule has 2 heterocycles. The van der Waals surface area contributed by atoms with Gasteiger partial charge < -0.3 is 4.42 Å². The molecule has 0 aliphatic rings. The van der Waals surface area contributed by atoms with Crippen molar-refractivity contribution < 1.29 is 4.42 Å². The van der Waals surface area contributed by atoms with E-state index in [2.05, 4.69) is 84.9 Å². The van der Waals surface area contributed by atoms with E-state index < -0.39 is 0 Å². The van der Waals surface area contributed by atoms with Crippen molar-refractivity contribution in [3.63, 3.8) is 0 Å². The van der Waals surface area contributed by atoms with E-state index in [1.807, 2.05) is 18.2 Å². The van der Waals surface area contributed by atoms with Crippen molar-refractivity contribution in [2.75, 3.05) is 0 Å². The van der Waals surface area contributed by atoms with Gasteiger partial charge in [-0.2, -0.15) is 0 Å². The lowest BCUT2D eigenvalue weighted by Gasteiger charge is -2.22. The molecular formula is C45H17B10N3O. The zero-order chi connectivity index (χ0) is 41.0. The van der Waals surface area contributed by atoms with Gasteiger partial charge >= 0.3 is 0 Å². The highest BCUT2D eigenvalue weighted by Crippen LogP contribution is 2.39. The predicted molar refractivity (Wildman–Crippen MR) is 255 cm³/mol. The van der Waals surface area contributed by atoms with Crippen molar-refractivity contribution in [2.45, 2.75) is 0 Å². The third-order valence-corrected chi connectivity index (χ3v) is 11.3. The van der Waals surface area contributed by atoms with E-state index in [-0.39, 0.29) is 83.2 Å². The quantitative estimate of drug-likeness (QED) is 0.187. The van der Waals surface area contributed by atoms with Crippen LogP contribution in [-0.2, 0) is 0 Å². The molecule has 0 aliphatic heterocycles. The zero-order valence-corrected chi connectivity index (χ0v) is 31.3. The largest absolute Gasteiger partial charge is 0.456 e. The van der Waals surface area contributed by atoms with Crippen LogP contribution in [-0.4, -0.2) is 93.4 Å². The van der Waals surface area contributed by atoms with E-state index in [0.29, 0.717) is 16.7 Å². The summed E-state index contributed by atoms with van der Waals surface area (Å²) in [5, 5.41) is 8.97. The lowest BCUT2D eigenvalue weighted by molar-refractivity contribution is 0.669. The molecule has 10 aromatic rings. The molecule has 0 spiro atoms. The Labute approximate surface area is 353 Å². The number of hydrogen-bond acceptors (Lipinski definition) is 4. The van der Waals surface area contributed by atoms with Crippen LogP contribution in [0.25, 0.3) is 99.5 Å². The highest BCUT2D eigenvalue weighted by Gasteiger charge is 2.22. The number of aromatic nitrogens is 3. The van der Waals surface area contributed by atoms with Gasteiger partial charge in [-0.15, -0.1) is 32.8 Å². The Balaban J connectivity index is 1.14. The summed E-state index contributed by atoms with van der Waals surface area (Å²) in [6, 6.07) is 35.5. The maximum absolute atomic E-state index is 6.48. The molecule has 2 aromatic heterocycles. The minimum atomic E-state index is 0.0177. The fraction of sp³-hybridized carbons (Fsp3) is 0. The van der Waals surface area contributed by atoms with Gasteiger partial charge in [-0.1, -0.05) is 88.6 Å². The molecule has 0 fully saturated rings. The Hall–Kier alpha value is -6.00. The summed E-state index contributed by atoms with van der Waals surface area (Å²) in [4.78, 5) is 14.3. The van der Waals surface area contributed by atoms with Gasteiger partial charge in [0.15, 0.2) is 17.5 Å². The van der Waals surface area contributed by atoms with Crippen molar-refractivity contribution in [1.29, 1.82) is 0 Å². The Morgan fingerprint density at radius 2 is 0.661 bits per heavy atom. The number of furan rings is 1. The first-order valence-electron chi connectivity index (χ1n) is 18.5. The molecule has 8 aromatic carbocycles. The summed E-state index contributed by atoms with van der Waals surface area (Å²) < 4.78 is 6.45. The van der Waals surface area contributed by atoms with Crippen LogP contribution in [0.3, 0.4) is 0 Å². The summed E-state index contributed by atoms with van der Waals surface area (Å²) in [5.41, 5.74) is 4.56. The number of rotatable bonds is 4. The topological polar surface area (TPSA) is 51.8 Å². The van der Waals surface area contributed by atoms with Gasteiger partial charge in [0, 0.05) is 27.5 Å². The van der Waals surface area contributed by atoms with Crippen LogP contribution >= 0.6 is 0 Å². The summed E-state index contributed by atoms with van der Waals surface area (Å²) in [5.74, 6) is 0.238. The van der Waals surface area contributed by atoms with Crippen LogP contribution in [0.4, 0.5) is 0 Å². The second-order valence-corrected chi connectivity index (χ2v) is 14.6. The van der Waals surface area contributed by atoms with E-state index in [4.69, 9.17) is 97.8 Å². The van der Waals surface area contributed by atoms with Gasteiger partial charge in [0.25, 0.3) is 0 Å². The predicted octanol–water partition coefficient (Wildman–Crippen LogP) is -0.163. The fourth-order valence-electron chi connectivity index (χ4n) is 8.09. The van der Waals surface area contributed by atoms with E-state index in [9.17, 15) is 0 Å². The highest BCUT2D eigenvalue weighted by molar-refractivity contribution is 6.70. The van der Waals surface area contributed by atoms with Crippen LogP contribution in [0, 0.1) is 0 Å². The van der Waals surface area contributed by atoms with Crippen molar-refractivity contribution in [3.8, 4) is 45.3 Å². The Bertz CT molecular complexity index is 3300. The summed E-state index contributed by atoms with van der Waals surface area (Å²) in [6.07, 6.45) is 0. The van der Waals surface area contributed by atoms with Gasteiger partial charge in [0.1, 0.15) is 89.6 Å². The molecule has 0 saturated heterocycles. The molecule has 248 valence electrons. The molecule has 0 amide bonds. The number of benzene rings is 8. The first-order valence-corrected chi connectivity index (χ1v) is 18.5. The third-order valence-electron chi connectivity index (χ3n) is 11.3. The van der Waals surface area contributed by atoms with E-state index >= 15 is 0 Å². The maximum Gasteiger partial charge on any atom is 0.164 e. The van der Waals surface area contributed by atoms with Gasteiger partial charge in [0.2, 0.25) is 0 Å². The average molecular weight is 724 g/mol. The average Bonchev–Trinajstić information content (AvgIpc) is 3.63. The standard InChI is InChI=1S/C45H17B10N3O/c46-33-31(34(47)38(51)41(54)37(33)50)44-56-43(57-45(58-44)32-35(48)39(52)42(55)40(53)36(32)49)20-11-14-29-28(16-20)26-13-10-19(17-30(26)59-29)18-9-12-25-23-7-2-1-5-21(23)22-6-3-4-8-24(22)27(25)15-18/h1-17H. The Morgan fingerprint density at radius 3 is 1.17 bits per heavy atom. The number of hydrogen-bond donors (Lipinski definition) is 0. The summed E-state index contributed by atoms with van der Waals surface area (Å²) >= 11 is 0. The van der Waals surface area contributed by atoms with Crippen molar-refractivity contribution in [3.05, 3.63) is 103 Å². The third kappa shape index (κ3) is 5.70. The highest BCUT2D eigenvalue weighted by atomic mass is 16.3. The summed E-state index contributed by atoms with van der Waals surface area (Å²) in [7, 11) is 63.2. The zero-order valence-electron chi connectivity index (χ0n) is 31.3. The Kier molecular flexibility index (Phi) is 8.72.